The lowest BCUT2D eigenvalue weighted by molar-refractivity contribution is 0.782. The minimum atomic E-state index is 0.141. The lowest BCUT2D eigenvalue weighted by Gasteiger charge is -2.39. The van der Waals surface area contributed by atoms with Crippen molar-refractivity contribution >= 4 is 63.9 Å². The third-order valence-electron chi connectivity index (χ3n) is 7.01. The molecule has 0 amide bonds. The average molecular weight is 506 g/mol. The fraction of sp³-hybridized carbons (Fsp3) is 0.0667. The van der Waals surface area contributed by atoms with Gasteiger partial charge in [-0.25, -0.2) is 0 Å². The van der Waals surface area contributed by atoms with Gasteiger partial charge in [0.1, 0.15) is 0 Å². The lowest BCUT2D eigenvalue weighted by Crippen LogP contribution is -2.29. The maximum Gasteiger partial charge on any atom is 0.0805 e. The number of fused-ring (bicyclic) bond motifs is 8. The van der Waals surface area contributed by atoms with Gasteiger partial charge in [0.25, 0.3) is 0 Å². The van der Waals surface area contributed by atoms with E-state index in [9.17, 15) is 0 Å². The van der Waals surface area contributed by atoms with Crippen molar-refractivity contribution in [1.82, 2.24) is 0 Å². The van der Waals surface area contributed by atoms with Gasteiger partial charge in [-0.15, -0.1) is 11.3 Å². The Bertz CT molecular complexity index is 1710. The number of rotatable bonds is 1. The molecule has 2 heterocycles. The normalized spacial score (nSPS) is 15.2. The van der Waals surface area contributed by atoms with Crippen LogP contribution >= 0.6 is 27.3 Å². The number of benzene rings is 5. The minimum absolute atomic E-state index is 0.141. The van der Waals surface area contributed by atoms with Gasteiger partial charge in [-0.2, -0.15) is 0 Å². The van der Waals surface area contributed by atoms with E-state index < -0.39 is 0 Å². The van der Waals surface area contributed by atoms with Crippen molar-refractivity contribution < 1.29 is 0 Å². The van der Waals surface area contributed by atoms with E-state index in [-0.39, 0.29) is 6.04 Å². The van der Waals surface area contributed by atoms with Crippen molar-refractivity contribution in [3.8, 4) is 11.1 Å². The molecule has 1 atom stereocenters. The van der Waals surface area contributed by atoms with Gasteiger partial charge in [-0.3, -0.25) is 0 Å². The fourth-order valence-electron chi connectivity index (χ4n) is 5.55. The lowest BCUT2D eigenvalue weighted by atomic mass is 9.83. The van der Waals surface area contributed by atoms with Crippen LogP contribution < -0.4 is 4.90 Å². The van der Waals surface area contributed by atoms with E-state index in [1.54, 1.807) is 0 Å². The van der Waals surface area contributed by atoms with Crippen molar-refractivity contribution in [3.05, 3.63) is 113 Å². The third-order valence-corrected chi connectivity index (χ3v) is 8.91. The van der Waals surface area contributed by atoms with Crippen LogP contribution in [-0.4, -0.2) is 7.05 Å². The predicted octanol–water partition coefficient (Wildman–Crippen LogP) is 9.18. The number of nitrogens with zero attached hydrogens (tertiary/aromatic N) is 1. The summed E-state index contributed by atoms with van der Waals surface area (Å²) in [6.07, 6.45) is 0. The molecular formula is C30H20BrNS. The van der Waals surface area contributed by atoms with Gasteiger partial charge in [-0.05, 0) is 40.1 Å². The number of hydrogen-bond donors (Lipinski definition) is 0. The molecule has 0 spiro atoms. The number of hydrogen-bond acceptors (Lipinski definition) is 2. The largest absolute Gasteiger partial charge is 0.363 e. The van der Waals surface area contributed by atoms with Crippen LogP contribution in [0.5, 0.6) is 0 Å². The first-order valence-corrected chi connectivity index (χ1v) is 12.8. The Balaban J connectivity index is 1.61. The molecule has 33 heavy (non-hydrogen) atoms. The molecule has 1 aliphatic rings. The molecule has 3 heteroatoms. The summed E-state index contributed by atoms with van der Waals surface area (Å²) in [6, 6.07) is 35.7. The van der Waals surface area contributed by atoms with Crippen LogP contribution in [0.25, 0.3) is 42.1 Å². The summed E-state index contributed by atoms with van der Waals surface area (Å²) in [6.45, 7) is 0. The van der Waals surface area contributed by atoms with E-state index in [2.05, 4.69) is 125 Å². The topological polar surface area (TPSA) is 3.24 Å². The van der Waals surface area contributed by atoms with Crippen molar-refractivity contribution in [2.75, 3.05) is 11.9 Å². The fourth-order valence-corrected chi connectivity index (χ4v) is 7.30. The van der Waals surface area contributed by atoms with E-state index >= 15 is 0 Å². The number of halogens is 1. The summed E-state index contributed by atoms with van der Waals surface area (Å²) in [5.74, 6) is 0. The van der Waals surface area contributed by atoms with Gasteiger partial charge in [-0.1, -0.05) is 94.8 Å². The van der Waals surface area contributed by atoms with Crippen LogP contribution in [0.3, 0.4) is 0 Å². The van der Waals surface area contributed by atoms with Gasteiger partial charge in [0.15, 0.2) is 0 Å². The van der Waals surface area contributed by atoms with E-state index in [0.29, 0.717) is 0 Å². The van der Waals surface area contributed by atoms with Crippen molar-refractivity contribution in [2.45, 2.75) is 6.04 Å². The molecule has 0 N–H and O–H groups in total. The Morgan fingerprint density at radius 2 is 1.36 bits per heavy atom. The first kappa shape index (κ1) is 19.3. The highest BCUT2D eigenvalue weighted by atomic mass is 79.9. The molecule has 5 aromatic carbocycles. The second kappa shape index (κ2) is 7.18. The van der Waals surface area contributed by atoms with Crippen molar-refractivity contribution in [1.29, 1.82) is 0 Å². The van der Waals surface area contributed by atoms with Gasteiger partial charge in [0.2, 0.25) is 0 Å². The third kappa shape index (κ3) is 2.70. The van der Waals surface area contributed by atoms with Gasteiger partial charge >= 0.3 is 0 Å². The number of anilines is 1. The molecule has 1 unspecified atom stereocenters. The quantitative estimate of drug-likeness (QED) is 0.215. The highest BCUT2D eigenvalue weighted by Gasteiger charge is 2.32. The highest BCUT2D eigenvalue weighted by molar-refractivity contribution is 9.10. The molecule has 0 radical (unpaired) electrons. The molecule has 1 aromatic heterocycles. The highest BCUT2D eigenvalue weighted by Crippen LogP contribution is 2.52. The standard InChI is InChI=1S/C30H20BrNS/c1-32-26-12-6-4-11-23(26)28-24(15-14-22-20-10-5-7-13-27(20)33-30(22)28)29(32)21-16-17-25(31)19-9-3-2-8-18(19)21/h2-17,29H,1H3. The summed E-state index contributed by atoms with van der Waals surface area (Å²) in [5, 5.41) is 5.26. The maximum absolute atomic E-state index is 3.77. The second-order valence-electron chi connectivity index (χ2n) is 8.72. The zero-order valence-electron chi connectivity index (χ0n) is 18.0. The summed E-state index contributed by atoms with van der Waals surface area (Å²) < 4.78 is 3.88. The number of thiophene rings is 1. The first-order chi connectivity index (χ1) is 16.2. The molecule has 7 rings (SSSR count). The van der Waals surface area contributed by atoms with Crippen LogP contribution in [0, 0.1) is 0 Å². The van der Waals surface area contributed by atoms with Gasteiger partial charge in [0.05, 0.1) is 6.04 Å². The Labute approximate surface area is 205 Å². The smallest absolute Gasteiger partial charge is 0.0805 e. The Kier molecular flexibility index (Phi) is 4.21. The van der Waals surface area contributed by atoms with Crippen LogP contribution in [0.4, 0.5) is 5.69 Å². The molecule has 1 nitrogen and oxygen atoms in total. The minimum Gasteiger partial charge on any atom is -0.363 e. The zero-order valence-corrected chi connectivity index (χ0v) is 20.5. The molecule has 0 saturated carbocycles. The van der Waals surface area contributed by atoms with Gasteiger partial charge in [0, 0.05) is 48.5 Å². The molecule has 0 fully saturated rings. The summed E-state index contributed by atoms with van der Waals surface area (Å²) in [7, 11) is 2.23. The first-order valence-electron chi connectivity index (χ1n) is 11.2. The second-order valence-corrected chi connectivity index (χ2v) is 10.6. The molecule has 0 saturated heterocycles. The molecule has 6 aromatic rings. The molecule has 1 aliphatic heterocycles. The Morgan fingerprint density at radius 1 is 0.667 bits per heavy atom. The van der Waals surface area contributed by atoms with Crippen LogP contribution in [0.15, 0.2) is 102 Å². The molecular weight excluding hydrogens is 486 g/mol. The predicted molar refractivity (Wildman–Crippen MR) is 147 cm³/mol. The SMILES string of the molecule is CN1c2ccccc2-c2c(ccc3c2sc2ccccc23)C1c1ccc(Br)c2ccccc12. The zero-order chi connectivity index (χ0) is 22.1. The molecule has 0 bridgehead atoms. The molecule has 158 valence electrons. The van der Waals surface area contributed by atoms with Crippen LogP contribution in [0.1, 0.15) is 17.2 Å². The number of para-hydroxylation sites is 1. The van der Waals surface area contributed by atoms with Crippen molar-refractivity contribution in [3.63, 3.8) is 0 Å². The van der Waals surface area contributed by atoms with E-state index in [0.717, 1.165) is 4.47 Å². The monoisotopic (exact) mass is 505 g/mol. The summed E-state index contributed by atoms with van der Waals surface area (Å²) >= 11 is 5.69. The Morgan fingerprint density at radius 3 is 2.24 bits per heavy atom. The Hall–Kier alpha value is -3.14. The molecule has 0 aliphatic carbocycles. The van der Waals surface area contributed by atoms with Crippen LogP contribution in [-0.2, 0) is 0 Å². The van der Waals surface area contributed by atoms with Gasteiger partial charge < -0.3 is 4.90 Å². The van der Waals surface area contributed by atoms with E-state index in [1.807, 2.05) is 11.3 Å². The maximum atomic E-state index is 3.77. The van der Waals surface area contributed by atoms with Crippen LogP contribution in [0.2, 0.25) is 0 Å². The van der Waals surface area contributed by atoms with E-state index in [4.69, 9.17) is 0 Å². The van der Waals surface area contributed by atoms with Crippen molar-refractivity contribution in [2.24, 2.45) is 0 Å². The van der Waals surface area contributed by atoms with E-state index in [1.165, 1.54) is 58.9 Å². The summed E-state index contributed by atoms with van der Waals surface area (Å²) in [4.78, 5) is 2.45. The average Bonchev–Trinajstić information content (AvgIpc) is 3.24. The summed E-state index contributed by atoms with van der Waals surface area (Å²) in [5.41, 5.74) is 6.71.